The number of anilines is 1. The van der Waals surface area contributed by atoms with Crippen LogP contribution in [0.5, 0.6) is 0 Å². The predicted molar refractivity (Wildman–Crippen MR) is 80.0 cm³/mol. The number of hydrogen-bond acceptors (Lipinski definition) is 3. The van der Waals surface area contributed by atoms with Crippen molar-refractivity contribution in [3.05, 3.63) is 52.5 Å². The summed E-state index contributed by atoms with van der Waals surface area (Å²) < 4.78 is 2.91. The van der Waals surface area contributed by atoms with E-state index < -0.39 is 0 Å². The minimum absolute atomic E-state index is 0.593. The number of rotatable bonds is 3. The largest absolute Gasteiger partial charge is 0.366 e. The third-order valence-electron chi connectivity index (χ3n) is 2.93. The van der Waals surface area contributed by atoms with Crippen LogP contribution in [-0.2, 0) is 6.67 Å². The summed E-state index contributed by atoms with van der Waals surface area (Å²) in [6.07, 6.45) is 0. The van der Waals surface area contributed by atoms with Crippen LogP contribution in [-0.4, -0.2) is 15.0 Å². The molecule has 0 saturated carbocycles. The van der Waals surface area contributed by atoms with Gasteiger partial charge in [-0.2, -0.15) is 0 Å². The molecule has 0 amide bonds. The van der Waals surface area contributed by atoms with Crippen molar-refractivity contribution in [1.82, 2.24) is 15.0 Å². The molecule has 0 aliphatic rings. The van der Waals surface area contributed by atoms with Gasteiger partial charge in [0.15, 0.2) is 0 Å². The topological polar surface area (TPSA) is 42.7 Å². The quantitative estimate of drug-likeness (QED) is 0.803. The fourth-order valence-corrected chi connectivity index (χ4v) is 2.36. The summed E-state index contributed by atoms with van der Waals surface area (Å²) in [5, 5.41) is 11.7. The zero-order chi connectivity index (χ0) is 13.2. The van der Waals surface area contributed by atoms with E-state index in [9.17, 15) is 0 Å². The molecule has 0 radical (unpaired) electrons. The molecular formula is C14H13BrN4. The van der Waals surface area contributed by atoms with Crippen LogP contribution in [0.25, 0.3) is 11.0 Å². The maximum Gasteiger partial charge on any atom is 0.113 e. The van der Waals surface area contributed by atoms with Gasteiger partial charge >= 0.3 is 0 Å². The summed E-state index contributed by atoms with van der Waals surface area (Å²) in [5.74, 6) is 0. The van der Waals surface area contributed by atoms with E-state index in [-0.39, 0.29) is 0 Å². The highest BCUT2D eigenvalue weighted by Crippen LogP contribution is 2.17. The summed E-state index contributed by atoms with van der Waals surface area (Å²) >= 11 is 3.45. The van der Waals surface area contributed by atoms with Gasteiger partial charge in [0.1, 0.15) is 12.2 Å². The Morgan fingerprint density at radius 2 is 2.11 bits per heavy atom. The van der Waals surface area contributed by atoms with E-state index in [4.69, 9.17) is 0 Å². The molecule has 4 nitrogen and oxygen atoms in total. The van der Waals surface area contributed by atoms with Gasteiger partial charge in [0.25, 0.3) is 0 Å². The first-order chi connectivity index (χ1) is 9.22. The molecule has 96 valence electrons. The zero-order valence-electron chi connectivity index (χ0n) is 10.5. The number of fused-ring (bicyclic) bond motifs is 1. The van der Waals surface area contributed by atoms with Gasteiger partial charge < -0.3 is 5.32 Å². The smallest absolute Gasteiger partial charge is 0.113 e. The highest BCUT2D eigenvalue weighted by atomic mass is 79.9. The van der Waals surface area contributed by atoms with E-state index in [1.54, 1.807) is 0 Å². The van der Waals surface area contributed by atoms with Gasteiger partial charge in [0, 0.05) is 10.2 Å². The van der Waals surface area contributed by atoms with Crippen LogP contribution in [0.4, 0.5) is 5.69 Å². The van der Waals surface area contributed by atoms with Crippen LogP contribution in [0.15, 0.2) is 46.9 Å². The Morgan fingerprint density at radius 3 is 2.95 bits per heavy atom. The molecule has 19 heavy (non-hydrogen) atoms. The van der Waals surface area contributed by atoms with Crippen LogP contribution in [0.1, 0.15) is 5.56 Å². The van der Waals surface area contributed by atoms with E-state index in [1.165, 1.54) is 5.56 Å². The lowest BCUT2D eigenvalue weighted by atomic mass is 10.2. The number of nitrogens with one attached hydrogen (secondary N) is 1. The minimum atomic E-state index is 0.593. The normalized spacial score (nSPS) is 10.8. The zero-order valence-corrected chi connectivity index (χ0v) is 12.1. The van der Waals surface area contributed by atoms with Crippen molar-refractivity contribution in [2.24, 2.45) is 0 Å². The SMILES string of the molecule is Cc1ccc2c(c1)nnn2CNc1cccc(Br)c1. The van der Waals surface area contributed by atoms with E-state index in [2.05, 4.69) is 44.5 Å². The van der Waals surface area contributed by atoms with Gasteiger partial charge in [-0.25, -0.2) is 4.68 Å². The maximum absolute atomic E-state index is 4.17. The molecule has 0 unspecified atom stereocenters. The average Bonchev–Trinajstić information content (AvgIpc) is 2.78. The van der Waals surface area contributed by atoms with Crippen molar-refractivity contribution in [2.75, 3.05) is 5.32 Å². The molecule has 0 saturated heterocycles. The van der Waals surface area contributed by atoms with Crippen molar-refractivity contribution < 1.29 is 0 Å². The third kappa shape index (κ3) is 2.61. The second kappa shape index (κ2) is 5.01. The lowest BCUT2D eigenvalue weighted by Crippen LogP contribution is -2.09. The Morgan fingerprint density at radius 1 is 1.21 bits per heavy atom. The fraction of sp³-hybridized carbons (Fsp3) is 0.143. The third-order valence-corrected chi connectivity index (χ3v) is 3.42. The molecule has 0 aliphatic heterocycles. The second-order valence-corrected chi connectivity index (χ2v) is 5.34. The molecule has 3 aromatic rings. The van der Waals surface area contributed by atoms with Crippen molar-refractivity contribution >= 4 is 32.7 Å². The Labute approximate surface area is 119 Å². The minimum Gasteiger partial charge on any atom is -0.366 e. The number of aromatic nitrogens is 3. The number of nitrogens with zero attached hydrogens (tertiary/aromatic N) is 3. The van der Waals surface area contributed by atoms with Crippen LogP contribution < -0.4 is 5.32 Å². The first-order valence-electron chi connectivity index (χ1n) is 6.02. The van der Waals surface area contributed by atoms with Gasteiger partial charge in [0.05, 0.1) is 5.52 Å². The first-order valence-corrected chi connectivity index (χ1v) is 6.81. The number of hydrogen-bond donors (Lipinski definition) is 1. The summed E-state index contributed by atoms with van der Waals surface area (Å²) in [6.45, 7) is 2.65. The first kappa shape index (κ1) is 12.2. The molecule has 1 heterocycles. The van der Waals surface area contributed by atoms with E-state index in [0.29, 0.717) is 6.67 Å². The lowest BCUT2D eigenvalue weighted by molar-refractivity contribution is 0.655. The van der Waals surface area contributed by atoms with E-state index in [0.717, 1.165) is 21.2 Å². The maximum atomic E-state index is 4.17. The van der Waals surface area contributed by atoms with Crippen molar-refractivity contribution in [2.45, 2.75) is 13.6 Å². The van der Waals surface area contributed by atoms with Crippen molar-refractivity contribution in [3.8, 4) is 0 Å². The molecule has 3 rings (SSSR count). The number of benzene rings is 2. The molecule has 1 N–H and O–H groups in total. The molecule has 2 aromatic carbocycles. The van der Waals surface area contributed by atoms with Gasteiger partial charge in [-0.1, -0.05) is 33.3 Å². The van der Waals surface area contributed by atoms with Gasteiger partial charge in [0.2, 0.25) is 0 Å². The molecule has 1 aromatic heterocycles. The summed E-state index contributed by atoms with van der Waals surface area (Å²) in [7, 11) is 0. The molecule has 0 bridgehead atoms. The Balaban J connectivity index is 1.82. The summed E-state index contributed by atoms with van der Waals surface area (Å²) in [6, 6.07) is 14.2. The molecule has 5 heteroatoms. The standard InChI is InChI=1S/C14H13BrN4/c1-10-5-6-14-13(7-10)17-18-19(14)9-16-12-4-2-3-11(15)8-12/h2-8,16H,9H2,1H3. The second-order valence-electron chi connectivity index (χ2n) is 4.43. The summed E-state index contributed by atoms with van der Waals surface area (Å²) in [5.41, 5.74) is 4.20. The van der Waals surface area contributed by atoms with Crippen molar-refractivity contribution in [3.63, 3.8) is 0 Å². The van der Waals surface area contributed by atoms with Gasteiger partial charge in [-0.15, -0.1) is 5.10 Å². The lowest BCUT2D eigenvalue weighted by Gasteiger charge is -2.07. The van der Waals surface area contributed by atoms with Gasteiger partial charge in [-0.05, 0) is 42.8 Å². The molecule has 0 aliphatic carbocycles. The van der Waals surface area contributed by atoms with Gasteiger partial charge in [-0.3, -0.25) is 0 Å². The molecular weight excluding hydrogens is 304 g/mol. The summed E-state index contributed by atoms with van der Waals surface area (Å²) in [4.78, 5) is 0. The Bertz CT molecular complexity index is 720. The van der Waals surface area contributed by atoms with Crippen molar-refractivity contribution in [1.29, 1.82) is 0 Å². The Kier molecular flexibility index (Phi) is 3.21. The van der Waals surface area contributed by atoms with Crippen LogP contribution >= 0.6 is 15.9 Å². The van der Waals surface area contributed by atoms with Crippen LogP contribution in [0.2, 0.25) is 0 Å². The predicted octanol–water partition coefficient (Wildman–Crippen LogP) is 3.57. The average molecular weight is 317 g/mol. The van der Waals surface area contributed by atoms with E-state index >= 15 is 0 Å². The highest BCUT2D eigenvalue weighted by molar-refractivity contribution is 9.10. The Hall–Kier alpha value is -1.88. The molecule has 0 fully saturated rings. The van der Waals surface area contributed by atoms with Crippen LogP contribution in [0, 0.1) is 6.92 Å². The highest BCUT2D eigenvalue weighted by Gasteiger charge is 2.03. The molecule has 0 spiro atoms. The monoisotopic (exact) mass is 316 g/mol. The number of halogens is 1. The van der Waals surface area contributed by atoms with Crippen LogP contribution in [0.3, 0.4) is 0 Å². The number of aryl methyl sites for hydroxylation is 1. The fourth-order valence-electron chi connectivity index (χ4n) is 1.96. The van der Waals surface area contributed by atoms with E-state index in [1.807, 2.05) is 41.1 Å². The molecule has 0 atom stereocenters.